The summed E-state index contributed by atoms with van der Waals surface area (Å²) in [6.07, 6.45) is 5.50. The fourth-order valence-electron chi connectivity index (χ4n) is 9.55. The highest BCUT2D eigenvalue weighted by atomic mass is 32.1. The largest absolute Gasteiger partial charge is 0.446 e. The van der Waals surface area contributed by atoms with Crippen LogP contribution >= 0.6 is 22.7 Å². The number of aliphatic hydroxyl groups is 1. The van der Waals surface area contributed by atoms with Crippen LogP contribution in [0.3, 0.4) is 0 Å². The Labute approximate surface area is 437 Å². The molecule has 1 aliphatic carbocycles. The average molecular weight is 1040 g/mol. The zero-order valence-electron chi connectivity index (χ0n) is 42.2. The number of nitrogens with one attached hydrogen (secondary N) is 4. The number of likely N-dealkylation sites (tertiary alicyclic amines) is 1. The Bertz CT molecular complexity index is 3000. The van der Waals surface area contributed by atoms with Gasteiger partial charge in [0.2, 0.25) is 17.7 Å². The molecule has 21 heteroatoms. The van der Waals surface area contributed by atoms with Crippen molar-refractivity contribution in [2.24, 2.45) is 5.41 Å². The van der Waals surface area contributed by atoms with Crippen LogP contribution in [0.4, 0.5) is 21.4 Å². The zero-order valence-corrected chi connectivity index (χ0v) is 43.9. The van der Waals surface area contributed by atoms with Gasteiger partial charge in [-0.15, -0.1) is 21.5 Å². The van der Waals surface area contributed by atoms with E-state index in [1.54, 1.807) is 29.7 Å². The minimum Gasteiger partial charge on any atom is -0.446 e. The molecule has 0 spiro atoms. The van der Waals surface area contributed by atoms with Crippen LogP contribution in [0.1, 0.15) is 86.7 Å². The number of aliphatic hydroxyl groups excluding tert-OH is 1. The molecule has 2 saturated heterocycles. The summed E-state index contributed by atoms with van der Waals surface area (Å²) < 4.78 is 6.56. The normalized spacial score (nSPS) is 18.0. The second-order valence-corrected chi connectivity index (χ2v) is 22.2. The molecule has 19 nitrogen and oxygen atoms in total. The van der Waals surface area contributed by atoms with E-state index >= 15 is 0 Å². The van der Waals surface area contributed by atoms with Crippen LogP contribution in [-0.4, -0.2) is 133 Å². The number of carbonyl (C=O) groups excluding carboxylic acids is 5. The minimum absolute atomic E-state index is 0.0199. The molecule has 5 N–H and O–H groups in total. The van der Waals surface area contributed by atoms with E-state index in [4.69, 9.17) is 4.74 Å². The first-order valence-electron chi connectivity index (χ1n) is 25.1. The van der Waals surface area contributed by atoms with Crippen molar-refractivity contribution < 1.29 is 33.8 Å². The Morgan fingerprint density at radius 3 is 2.31 bits per heavy atom. The molecule has 0 radical (unpaired) electrons. The van der Waals surface area contributed by atoms with Crippen molar-refractivity contribution in [3.8, 4) is 21.6 Å². The van der Waals surface area contributed by atoms with Gasteiger partial charge in [0.1, 0.15) is 18.2 Å². The van der Waals surface area contributed by atoms with Gasteiger partial charge in [-0.3, -0.25) is 34.4 Å². The number of ether oxygens (including phenoxy) is 1. The number of pyridine rings is 1. The fraction of sp³-hybridized carbons (Fsp3) is 0.434. The number of aromatic nitrogens is 5. The number of hydrogen-bond donors (Lipinski definition) is 5. The molecule has 2 aliphatic heterocycles. The second-order valence-electron chi connectivity index (χ2n) is 20.3. The standard InChI is InChI=1S/C53H62N12O7S2/c1-31-41(58-52(71)72-38-9-7-6-8-10-38)23-36(27-54-31)35-15-16-39-43(24-35)74-51(57-39)59-45(67)29-63-19-21-64(22-20-63)44-18-17-40(61-62-44)48(68)60-47(53(3,4)5)50(70)65-28-37(66)25-42(65)49(69)55-26-33-11-13-34(14-12-33)46-32(2)56-30-73-46/h11-18,23-24,27,30,37-38,42,47,66H,6-10,19-22,25-26,28-29H2,1-5H3,(H,55,69)(H,58,71)(H,60,68)(H,57,59,67)/t37-,42+,47-/m1/s1. The molecular formula is C53H62N12O7S2. The summed E-state index contributed by atoms with van der Waals surface area (Å²) in [5.41, 5.74) is 7.69. The van der Waals surface area contributed by atoms with Gasteiger partial charge in [-0.25, -0.2) is 14.8 Å². The lowest BCUT2D eigenvalue weighted by Gasteiger charge is -2.35. The fourth-order valence-corrected chi connectivity index (χ4v) is 11.3. The smallest absolute Gasteiger partial charge is 0.411 e. The SMILES string of the molecule is Cc1ncc(-c2ccc3nc(NC(=O)CN4CCN(c5ccc(C(=O)N[C@H](C(=O)N6C[C@H](O)C[C@H]6C(=O)NCc6ccc(-c7scnc7C)cc6)C(C)(C)C)nn5)CC4)sc3c2)cc1NC(=O)OC1CCCCC1. The van der Waals surface area contributed by atoms with Gasteiger partial charge in [-0.1, -0.05) is 68.9 Å². The van der Waals surface area contributed by atoms with E-state index in [9.17, 15) is 29.1 Å². The molecule has 6 heterocycles. The van der Waals surface area contributed by atoms with E-state index in [0.717, 1.165) is 68.7 Å². The monoisotopic (exact) mass is 1040 g/mol. The molecule has 0 unspecified atom stereocenters. The number of β-amino-alcohol motifs (C(OH)–C–C–N with tert-alkyl or cyclic N) is 1. The van der Waals surface area contributed by atoms with Crippen molar-refractivity contribution in [3.05, 3.63) is 95.0 Å². The number of rotatable bonds is 14. The van der Waals surface area contributed by atoms with Gasteiger partial charge in [0.15, 0.2) is 16.6 Å². The highest BCUT2D eigenvalue weighted by Crippen LogP contribution is 2.33. The quantitative estimate of drug-likeness (QED) is 0.0743. The van der Waals surface area contributed by atoms with Crippen molar-refractivity contribution in [2.45, 2.75) is 104 Å². The van der Waals surface area contributed by atoms with Gasteiger partial charge in [0.25, 0.3) is 5.91 Å². The first-order chi connectivity index (χ1) is 35.5. The number of anilines is 3. The van der Waals surface area contributed by atoms with Crippen LogP contribution in [0.5, 0.6) is 0 Å². The molecule has 74 heavy (non-hydrogen) atoms. The van der Waals surface area contributed by atoms with Crippen LogP contribution in [0.2, 0.25) is 0 Å². The second kappa shape index (κ2) is 22.7. The molecule has 3 atom stereocenters. The minimum atomic E-state index is -1.04. The highest BCUT2D eigenvalue weighted by Gasteiger charge is 2.44. The van der Waals surface area contributed by atoms with E-state index in [0.29, 0.717) is 48.5 Å². The number of aryl methyl sites for hydroxylation is 2. The number of fused-ring (bicyclic) bond motifs is 1. The molecule has 0 bridgehead atoms. The van der Waals surface area contributed by atoms with Gasteiger partial charge >= 0.3 is 6.09 Å². The van der Waals surface area contributed by atoms with Gasteiger partial charge in [0, 0.05) is 57.4 Å². The molecular weight excluding hydrogens is 981 g/mol. The summed E-state index contributed by atoms with van der Waals surface area (Å²) in [5.74, 6) is -1.08. The molecule has 4 aromatic heterocycles. The lowest BCUT2D eigenvalue weighted by molar-refractivity contribution is -0.142. The molecule has 2 aromatic carbocycles. The van der Waals surface area contributed by atoms with Crippen LogP contribution < -0.4 is 26.2 Å². The Morgan fingerprint density at radius 1 is 0.851 bits per heavy atom. The summed E-state index contributed by atoms with van der Waals surface area (Å²) in [7, 11) is 0. The Morgan fingerprint density at radius 2 is 1.61 bits per heavy atom. The van der Waals surface area contributed by atoms with Gasteiger partial charge < -0.3 is 35.6 Å². The first kappa shape index (κ1) is 51.9. The Hall–Kier alpha value is -6.94. The van der Waals surface area contributed by atoms with E-state index in [1.807, 2.05) is 93.6 Å². The van der Waals surface area contributed by atoms with Gasteiger partial charge in [0.05, 0.1) is 50.3 Å². The van der Waals surface area contributed by atoms with Crippen molar-refractivity contribution >= 4 is 79.2 Å². The predicted octanol–water partition coefficient (Wildman–Crippen LogP) is 6.95. The zero-order chi connectivity index (χ0) is 52.1. The number of amides is 5. The number of piperazine rings is 1. The topological polar surface area (TPSA) is 237 Å². The van der Waals surface area contributed by atoms with E-state index in [1.165, 1.54) is 22.7 Å². The Balaban J connectivity index is 0.741. The average Bonchev–Trinajstić information content (AvgIpc) is 4.13. The summed E-state index contributed by atoms with van der Waals surface area (Å²) in [6, 6.07) is 16.9. The summed E-state index contributed by atoms with van der Waals surface area (Å²) >= 11 is 2.95. The number of carbonyl (C=O) groups is 5. The maximum absolute atomic E-state index is 14.2. The highest BCUT2D eigenvalue weighted by molar-refractivity contribution is 7.22. The van der Waals surface area contributed by atoms with E-state index in [2.05, 4.69) is 51.3 Å². The van der Waals surface area contributed by atoms with Crippen LogP contribution in [0.25, 0.3) is 31.8 Å². The third-order valence-electron chi connectivity index (χ3n) is 13.7. The van der Waals surface area contributed by atoms with Crippen molar-refractivity contribution in [1.29, 1.82) is 0 Å². The maximum atomic E-state index is 14.2. The molecule has 3 aliphatic rings. The van der Waals surface area contributed by atoms with Crippen molar-refractivity contribution in [3.63, 3.8) is 0 Å². The third-order valence-corrected chi connectivity index (χ3v) is 15.7. The summed E-state index contributed by atoms with van der Waals surface area (Å²) in [4.78, 5) is 87.4. The van der Waals surface area contributed by atoms with Crippen LogP contribution in [0.15, 0.2) is 72.4 Å². The summed E-state index contributed by atoms with van der Waals surface area (Å²) in [5, 5.41) is 31.4. The number of nitrogens with zero attached hydrogens (tertiary/aromatic N) is 8. The van der Waals surface area contributed by atoms with E-state index in [-0.39, 0.29) is 49.7 Å². The molecule has 1 saturated carbocycles. The van der Waals surface area contributed by atoms with Crippen molar-refractivity contribution in [1.82, 2.24) is 45.6 Å². The number of hydrogen-bond acceptors (Lipinski definition) is 16. The van der Waals surface area contributed by atoms with Gasteiger partial charge in [-0.2, -0.15) is 0 Å². The third kappa shape index (κ3) is 12.5. The molecule has 388 valence electrons. The lowest BCUT2D eigenvalue weighted by Crippen LogP contribution is -2.57. The summed E-state index contributed by atoms with van der Waals surface area (Å²) in [6.45, 7) is 11.9. The van der Waals surface area contributed by atoms with E-state index < -0.39 is 41.5 Å². The lowest BCUT2D eigenvalue weighted by atomic mass is 9.85. The molecule has 5 amide bonds. The number of benzene rings is 2. The maximum Gasteiger partial charge on any atom is 0.411 e. The Kier molecular flexibility index (Phi) is 15.9. The molecule has 6 aromatic rings. The first-order valence-corrected chi connectivity index (χ1v) is 26.8. The van der Waals surface area contributed by atoms with Crippen molar-refractivity contribution in [2.75, 3.05) is 54.8 Å². The number of thiazole rings is 2. The molecule has 3 fully saturated rings. The molecule has 9 rings (SSSR count). The van der Waals surface area contributed by atoms with Crippen LogP contribution in [0, 0.1) is 19.3 Å². The predicted molar refractivity (Wildman–Crippen MR) is 285 cm³/mol. The van der Waals surface area contributed by atoms with Gasteiger partial charge in [-0.05, 0) is 92.0 Å². The van der Waals surface area contributed by atoms with Crippen LogP contribution in [-0.2, 0) is 25.7 Å².